The van der Waals surface area contributed by atoms with E-state index in [4.69, 9.17) is 4.74 Å². The van der Waals surface area contributed by atoms with E-state index in [0.717, 1.165) is 15.9 Å². The van der Waals surface area contributed by atoms with Gasteiger partial charge in [-0.1, -0.05) is 6.07 Å². The van der Waals surface area contributed by atoms with Crippen molar-refractivity contribution in [1.82, 2.24) is 15.0 Å². The summed E-state index contributed by atoms with van der Waals surface area (Å²) < 4.78 is 5.35. The molecule has 2 aromatic heterocycles. The van der Waals surface area contributed by atoms with Crippen LogP contribution in [0.1, 0.15) is 12.7 Å². The molecule has 0 aromatic carbocycles. The lowest BCUT2D eigenvalue weighted by atomic mass is 10.5. The molecule has 0 saturated heterocycles. The first kappa shape index (κ1) is 13.8. The van der Waals surface area contributed by atoms with Gasteiger partial charge in [-0.25, -0.2) is 15.0 Å². The third kappa shape index (κ3) is 4.18. The first-order valence-electron chi connectivity index (χ1n) is 6.04. The van der Waals surface area contributed by atoms with Crippen LogP contribution in [0.5, 0.6) is 0 Å². The predicted octanol–water partition coefficient (Wildman–Crippen LogP) is 2.60. The molecule has 0 atom stereocenters. The van der Waals surface area contributed by atoms with Gasteiger partial charge in [0.15, 0.2) is 5.82 Å². The molecular weight excluding hydrogens is 260 g/mol. The van der Waals surface area contributed by atoms with Gasteiger partial charge in [0.2, 0.25) is 0 Å². The smallest absolute Gasteiger partial charge is 0.157 e. The summed E-state index contributed by atoms with van der Waals surface area (Å²) >= 11 is 1.51. The number of pyridine rings is 1. The maximum absolute atomic E-state index is 5.35. The van der Waals surface area contributed by atoms with Crippen molar-refractivity contribution >= 4 is 17.6 Å². The van der Waals surface area contributed by atoms with Gasteiger partial charge in [0.1, 0.15) is 22.5 Å². The van der Waals surface area contributed by atoms with E-state index < -0.39 is 0 Å². The molecule has 100 valence electrons. The minimum Gasteiger partial charge on any atom is -0.374 e. The summed E-state index contributed by atoms with van der Waals surface area (Å²) in [6.07, 6.45) is 1.77. The zero-order chi connectivity index (χ0) is 13.5. The van der Waals surface area contributed by atoms with Crippen LogP contribution in [0.25, 0.3) is 0 Å². The first-order valence-corrected chi connectivity index (χ1v) is 6.86. The standard InChI is InChI=1S/C13H16N4OS/c1-3-18-9-11-16-10(14-2)8-13(17-11)19-12-6-4-5-7-15-12/h4-8H,3,9H2,1-2H3,(H,14,16,17). The summed E-state index contributed by atoms with van der Waals surface area (Å²) in [6, 6.07) is 7.70. The van der Waals surface area contributed by atoms with Crippen LogP contribution in [-0.4, -0.2) is 28.6 Å². The number of nitrogens with one attached hydrogen (secondary N) is 1. The van der Waals surface area contributed by atoms with Crippen LogP contribution in [0, 0.1) is 0 Å². The topological polar surface area (TPSA) is 59.9 Å². The van der Waals surface area contributed by atoms with E-state index >= 15 is 0 Å². The van der Waals surface area contributed by atoms with Gasteiger partial charge in [-0.2, -0.15) is 0 Å². The lowest BCUT2D eigenvalue weighted by molar-refractivity contribution is 0.128. The van der Waals surface area contributed by atoms with Crippen molar-refractivity contribution in [3.05, 3.63) is 36.3 Å². The fourth-order valence-corrected chi connectivity index (χ4v) is 2.22. The second-order valence-electron chi connectivity index (χ2n) is 3.66. The van der Waals surface area contributed by atoms with Crippen LogP contribution in [-0.2, 0) is 11.3 Å². The van der Waals surface area contributed by atoms with Crippen LogP contribution in [0.2, 0.25) is 0 Å². The van der Waals surface area contributed by atoms with Gasteiger partial charge in [-0.05, 0) is 30.8 Å². The number of hydrogen-bond acceptors (Lipinski definition) is 6. The second-order valence-corrected chi connectivity index (χ2v) is 4.71. The largest absolute Gasteiger partial charge is 0.374 e. The fourth-order valence-electron chi connectivity index (χ4n) is 1.43. The van der Waals surface area contributed by atoms with Crippen molar-refractivity contribution in [2.75, 3.05) is 19.0 Å². The number of nitrogens with zero attached hydrogens (tertiary/aromatic N) is 3. The Balaban J connectivity index is 2.19. The van der Waals surface area contributed by atoms with Gasteiger partial charge < -0.3 is 10.1 Å². The Morgan fingerprint density at radius 1 is 1.26 bits per heavy atom. The summed E-state index contributed by atoms with van der Waals surface area (Å²) in [5.41, 5.74) is 0. The molecule has 2 heterocycles. The van der Waals surface area contributed by atoms with E-state index in [1.807, 2.05) is 38.2 Å². The van der Waals surface area contributed by atoms with Crippen molar-refractivity contribution in [2.24, 2.45) is 0 Å². The van der Waals surface area contributed by atoms with E-state index in [1.165, 1.54) is 11.8 Å². The Hall–Kier alpha value is -1.66. The van der Waals surface area contributed by atoms with E-state index in [0.29, 0.717) is 19.0 Å². The summed E-state index contributed by atoms with van der Waals surface area (Å²) in [7, 11) is 1.84. The molecule has 0 aliphatic heterocycles. The van der Waals surface area contributed by atoms with Crippen molar-refractivity contribution in [1.29, 1.82) is 0 Å². The highest BCUT2D eigenvalue weighted by Gasteiger charge is 2.06. The molecule has 0 bridgehead atoms. The van der Waals surface area contributed by atoms with Crippen molar-refractivity contribution in [2.45, 2.75) is 23.6 Å². The average Bonchev–Trinajstić information content (AvgIpc) is 2.46. The van der Waals surface area contributed by atoms with Crippen LogP contribution < -0.4 is 5.32 Å². The third-order valence-electron chi connectivity index (χ3n) is 2.29. The van der Waals surface area contributed by atoms with E-state index in [9.17, 15) is 0 Å². The number of rotatable bonds is 6. The highest BCUT2D eigenvalue weighted by atomic mass is 32.2. The second kappa shape index (κ2) is 7.06. The van der Waals surface area contributed by atoms with Gasteiger partial charge in [0.25, 0.3) is 0 Å². The Bertz CT molecular complexity index is 521. The molecular formula is C13H16N4OS. The molecule has 5 nitrogen and oxygen atoms in total. The average molecular weight is 276 g/mol. The molecule has 0 spiro atoms. The maximum Gasteiger partial charge on any atom is 0.157 e. The molecule has 2 aromatic rings. The summed E-state index contributed by atoms with van der Waals surface area (Å²) in [6.45, 7) is 3.02. The van der Waals surface area contributed by atoms with Gasteiger partial charge >= 0.3 is 0 Å². The molecule has 6 heteroatoms. The first-order chi connectivity index (χ1) is 9.31. The third-order valence-corrected chi connectivity index (χ3v) is 3.16. The zero-order valence-corrected chi connectivity index (χ0v) is 11.8. The molecule has 0 saturated carbocycles. The van der Waals surface area contributed by atoms with Gasteiger partial charge in [0.05, 0.1) is 0 Å². The highest BCUT2D eigenvalue weighted by Crippen LogP contribution is 2.25. The molecule has 19 heavy (non-hydrogen) atoms. The minimum atomic E-state index is 0.418. The molecule has 0 unspecified atom stereocenters. The maximum atomic E-state index is 5.35. The van der Waals surface area contributed by atoms with Crippen LogP contribution >= 0.6 is 11.8 Å². The normalized spacial score (nSPS) is 10.4. The molecule has 0 fully saturated rings. The Morgan fingerprint density at radius 2 is 2.16 bits per heavy atom. The van der Waals surface area contributed by atoms with Crippen LogP contribution in [0.15, 0.2) is 40.5 Å². The van der Waals surface area contributed by atoms with Crippen molar-refractivity contribution < 1.29 is 4.74 Å². The Labute approximate surface area is 116 Å². The predicted molar refractivity (Wildman–Crippen MR) is 75.3 cm³/mol. The lowest BCUT2D eigenvalue weighted by Crippen LogP contribution is -2.03. The molecule has 0 aliphatic rings. The number of hydrogen-bond donors (Lipinski definition) is 1. The minimum absolute atomic E-state index is 0.418. The van der Waals surface area contributed by atoms with Gasteiger partial charge in [-0.3, -0.25) is 0 Å². The summed E-state index contributed by atoms with van der Waals surface area (Å²) in [5, 5.41) is 4.79. The Kier molecular flexibility index (Phi) is 5.11. The highest BCUT2D eigenvalue weighted by molar-refractivity contribution is 7.99. The quantitative estimate of drug-likeness (QED) is 0.818. The van der Waals surface area contributed by atoms with Crippen LogP contribution in [0.3, 0.4) is 0 Å². The van der Waals surface area contributed by atoms with E-state index in [1.54, 1.807) is 6.20 Å². The SMILES string of the molecule is CCOCc1nc(NC)cc(Sc2ccccn2)n1. The molecule has 0 radical (unpaired) electrons. The molecule has 2 rings (SSSR count). The van der Waals surface area contributed by atoms with Gasteiger partial charge in [0, 0.05) is 25.9 Å². The van der Waals surface area contributed by atoms with Crippen molar-refractivity contribution in [3.63, 3.8) is 0 Å². The fraction of sp³-hybridized carbons (Fsp3) is 0.308. The summed E-state index contributed by atoms with van der Waals surface area (Å²) in [5.74, 6) is 1.45. The summed E-state index contributed by atoms with van der Waals surface area (Å²) in [4.78, 5) is 13.1. The number of ether oxygens (including phenoxy) is 1. The lowest BCUT2D eigenvalue weighted by Gasteiger charge is -2.07. The van der Waals surface area contributed by atoms with Crippen LogP contribution in [0.4, 0.5) is 5.82 Å². The number of aromatic nitrogens is 3. The van der Waals surface area contributed by atoms with Gasteiger partial charge in [-0.15, -0.1) is 0 Å². The molecule has 1 N–H and O–H groups in total. The molecule has 0 aliphatic carbocycles. The number of anilines is 1. The van der Waals surface area contributed by atoms with Crippen molar-refractivity contribution in [3.8, 4) is 0 Å². The van der Waals surface area contributed by atoms with E-state index in [-0.39, 0.29) is 0 Å². The monoisotopic (exact) mass is 276 g/mol. The molecule has 0 amide bonds. The van der Waals surface area contributed by atoms with E-state index in [2.05, 4.69) is 20.3 Å². The zero-order valence-electron chi connectivity index (χ0n) is 11.0. The Morgan fingerprint density at radius 3 is 2.84 bits per heavy atom.